The summed E-state index contributed by atoms with van der Waals surface area (Å²) in [5, 5.41) is 2.89. The van der Waals surface area contributed by atoms with Gasteiger partial charge in [-0.1, -0.05) is 6.07 Å². The zero-order valence-corrected chi connectivity index (χ0v) is 13.3. The lowest BCUT2D eigenvalue weighted by molar-refractivity contribution is 1.17. The van der Waals surface area contributed by atoms with Crippen molar-refractivity contribution < 1.29 is 0 Å². The number of pyridine rings is 1. The van der Waals surface area contributed by atoms with Crippen molar-refractivity contribution in [3.8, 4) is 22.0 Å². The molecule has 6 heteroatoms. The summed E-state index contributed by atoms with van der Waals surface area (Å²) >= 11 is 1.55. The summed E-state index contributed by atoms with van der Waals surface area (Å²) in [6.07, 6.45) is 2.00. The Hall–Kier alpha value is -2.86. The number of nitrogens with two attached hydrogens (primary N) is 2. The van der Waals surface area contributed by atoms with Crippen molar-refractivity contribution in [1.29, 1.82) is 0 Å². The SMILES string of the molecule is Cc1nc2ccccn2c1-c1csc(-c2cc(N)ccc2N)n1. The summed E-state index contributed by atoms with van der Waals surface area (Å²) in [5.74, 6) is 0. The Morgan fingerprint density at radius 1 is 1.09 bits per heavy atom. The molecule has 23 heavy (non-hydrogen) atoms. The summed E-state index contributed by atoms with van der Waals surface area (Å²) in [6.45, 7) is 2.00. The standard InChI is InChI=1S/C17H15N5S/c1-10-16(22-7-3-2-4-15(22)20-10)14-9-23-17(21-14)12-8-11(18)5-6-13(12)19/h2-9H,18-19H2,1H3. The second-order valence-corrected chi connectivity index (χ2v) is 6.22. The molecule has 4 aromatic rings. The van der Waals surface area contributed by atoms with Crippen LogP contribution < -0.4 is 11.5 Å². The number of benzene rings is 1. The Balaban J connectivity index is 1.87. The minimum absolute atomic E-state index is 0.676. The third kappa shape index (κ3) is 2.24. The van der Waals surface area contributed by atoms with E-state index in [2.05, 4.69) is 9.38 Å². The van der Waals surface area contributed by atoms with E-state index < -0.39 is 0 Å². The number of fused-ring (bicyclic) bond motifs is 1. The topological polar surface area (TPSA) is 82.2 Å². The quantitative estimate of drug-likeness (QED) is 0.553. The van der Waals surface area contributed by atoms with Crippen LogP contribution in [0.4, 0.5) is 11.4 Å². The Bertz CT molecular complexity index is 1010. The largest absolute Gasteiger partial charge is 0.399 e. The number of anilines is 2. The minimum Gasteiger partial charge on any atom is -0.399 e. The van der Waals surface area contributed by atoms with E-state index in [4.69, 9.17) is 16.5 Å². The zero-order valence-electron chi connectivity index (χ0n) is 12.5. The molecule has 0 spiro atoms. The molecule has 4 N–H and O–H groups in total. The summed E-state index contributed by atoms with van der Waals surface area (Å²) < 4.78 is 2.05. The molecule has 0 aliphatic heterocycles. The number of nitrogen functional groups attached to an aromatic ring is 2. The molecule has 5 nitrogen and oxygen atoms in total. The predicted octanol–water partition coefficient (Wildman–Crippen LogP) is 3.60. The molecule has 0 fully saturated rings. The third-order valence-electron chi connectivity index (χ3n) is 3.76. The van der Waals surface area contributed by atoms with Gasteiger partial charge in [-0.25, -0.2) is 9.97 Å². The highest BCUT2D eigenvalue weighted by molar-refractivity contribution is 7.13. The van der Waals surface area contributed by atoms with E-state index >= 15 is 0 Å². The number of imidazole rings is 1. The van der Waals surface area contributed by atoms with Gasteiger partial charge in [-0.05, 0) is 37.3 Å². The van der Waals surface area contributed by atoms with Crippen LogP contribution in [0.5, 0.6) is 0 Å². The average molecular weight is 321 g/mol. The Kier molecular flexibility index (Phi) is 3.06. The molecule has 0 unspecified atom stereocenters. The molecule has 0 radical (unpaired) electrons. The molecule has 0 atom stereocenters. The van der Waals surface area contributed by atoms with Gasteiger partial charge in [0, 0.05) is 28.5 Å². The van der Waals surface area contributed by atoms with Crippen molar-refractivity contribution in [1.82, 2.24) is 14.4 Å². The first-order valence-corrected chi connectivity index (χ1v) is 8.06. The van der Waals surface area contributed by atoms with E-state index in [1.807, 2.05) is 48.8 Å². The van der Waals surface area contributed by atoms with Crippen molar-refractivity contribution >= 4 is 28.4 Å². The number of aromatic nitrogens is 3. The van der Waals surface area contributed by atoms with Crippen molar-refractivity contribution in [3.63, 3.8) is 0 Å². The number of hydrogen-bond donors (Lipinski definition) is 2. The molecule has 1 aromatic carbocycles. The molecule has 3 heterocycles. The van der Waals surface area contributed by atoms with Gasteiger partial charge in [0.2, 0.25) is 0 Å². The smallest absolute Gasteiger partial charge is 0.137 e. The first-order valence-electron chi connectivity index (χ1n) is 7.18. The predicted molar refractivity (Wildman–Crippen MR) is 95.3 cm³/mol. The van der Waals surface area contributed by atoms with E-state index in [1.54, 1.807) is 17.4 Å². The number of rotatable bonds is 2. The summed E-state index contributed by atoms with van der Waals surface area (Å²) in [4.78, 5) is 9.34. The van der Waals surface area contributed by atoms with Gasteiger partial charge < -0.3 is 11.5 Å². The van der Waals surface area contributed by atoms with E-state index in [9.17, 15) is 0 Å². The second-order valence-electron chi connectivity index (χ2n) is 5.36. The average Bonchev–Trinajstić information content (AvgIpc) is 3.12. The normalized spacial score (nSPS) is 11.2. The van der Waals surface area contributed by atoms with Crippen LogP contribution in [0.15, 0.2) is 48.0 Å². The van der Waals surface area contributed by atoms with Crippen LogP contribution in [-0.2, 0) is 0 Å². The molecule has 0 aliphatic carbocycles. The lowest BCUT2D eigenvalue weighted by atomic mass is 10.1. The number of hydrogen-bond acceptors (Lipinski definition) is 5. The van der Waals surface area contributed by atoms with Gasteiger partial charge in [-0.3, -0.25) is 4.40 Å². The maximum absolute atomic E-state index is 6.06. The second kappa shape index (κ2) is 5.10. The van der Waals surface area contributed by atoms with Crippen LogP contribution in [0.1, 0.15) is 5.69 Å². The minimum atomic E-state index is 0.676. The number of aryl methyl sites for hydroxylation is 1. The highest BCUT2D eigenvalue weighted by Gasteiger charge is 2.15. The first kappa shape index (κ1) is 13.8. The lowest BCUT2D eigenvalue weighted by Gasteiger charge is -2.03. The van der Waals surface area contributed by atoms with E-state index in [0.29, 0.717) is 11.4 Å². The van der Waals surface area contributed by atoms with E-state index in [0.717, 1.165) is 33.3 Å². The molecular formula is C17H15N5S. The van der Waals surface area contributed by atoms with Crippen LogP contribution in [0.25, 0.3) is 27.6 Å². The van der Waals surface area contributed by atoms with Crippen molar-refractivity contribution in [2.75, 3.05) is 11.5 Å². The fourth-order valence-electron chi connectivity index (χ4n) is 2.69. The van der Waals surface area contributed by atoms with Crippen molar-refractivity contribution in [3.05, 3.63) is 53.7 Å². The Morgan fingerprint density at radius 2 is 1.96 bits per heavy atom. The molecule has 0 saturated heterocycles. The molecule has 0 amide bonds. The molecular weight excluding hydrogens is 306 g/mol. The van der Waals surface area contributed by atoms with Gasteiger partial charge in [0.15, 0.2) is 0 Å². The molecule has 114 valence electrons. The molecule has 0 saturated carbocycles. The highest BCUT2D eigenvalue weighted by atomic mass is 32.1. The first-order chi connectivity index (χ1) is 11.1. The number of thiazole rings is 1. The van der Waals surface area contributed by atoms with Crippen LogP contribution >= 0.6 is 11.3 Å². The van der Waals surface area contributed by atoms with Gasteiger partial charge in [-0.15, -0.1) is 11.3 Å². The summed E-state index contributed by atoms with van der Waals surface area (Å²) in [6, 6.07) is 11.4. The maximum Gasteiger partial charge on any atom is 0.137 e. The van der Waals surface area contributed by atoms with Crippen molar-refractivity contribution in [2.24, 2.45) is 0 Å². The van der Waals surface area contributed by atoms with Gasteiger partial charge in [0.1, 0.15) is 16.3 Å². The molecule has 0 bridgehead atoms. The summed E-state index contributed by atoms with van der Waals surface area (Å²) in [7, 11) is 0. The van der Waals surface area contributed by atoms with Crippen LogP contribution in [0, 0.1) is 6.92 Å². The fourth-order valence-corrected chi connectivity index (χ4v) is 3.53. The molecule has 4 rings (SSSR count). The zero-order chi connectivity index (χ0) is 16.0. The lowest BCUT2D eigenvalue weighted by Crippen LogP contribution is -1.93. The molecule has 3 aromatic heterocycles. The molecule has 0 aliphatic rings. The summed E-state index contributed by atoms with van der Waals surface area (Å²) in [5.41, 5.74) is 17.9. The van der Waals surface area contributed by atoms with E-state index in [-0.39, 0.29) is 0 Å². The Morgan fingerprint density at radius 3 is 2.83 bits per heavy atom. The monoisotopic (exact) mass is 321 g/mol. The van der Waals surface area contributed by atoms with Gasteiger partial charge in [-0.2, -0.15) is 0 Å². The fraction of sp³-hybridized carbons (Fsp3) is 0.0588. The number of nitrogens with zero attached hydrogens (tertiary/aromatic N) is 3. The Labute approximate surface area is 137 Å². The van der Waals surface area contributed by atoms with Crippen molar-refractivity contribution in [2.45, 2.75) is 6.92 Å². The maximum atomic E-state index is 6.06. The van der Waals surface area contributed by atoms with E-state index in [1.165, 1.54) is 0 Å². The van der Waals surface area contributed by atoms with Crippen LogP contribution in [0.3, 0.4) is 0 Å². The van der Waals surface area contributed by atoms with Crippen LogP contribution in [-0.4, -0.2) is 14.4 Å². The van der Waals surface area contributed by atoms with Gasteiger partial charge in [0.25, 0.3) is 0 Å². The van der Waals surface area contributed by atoms with Gasteiger partial charge in [0.05, 0.1) is 11.4 Å². The van der Waals surface area contributed by atoms with Gasteiger partial charge >= 0.3 is 0 Å². The third-order valence-corrected chi connectivity index (χ3v) is 4.63. The highest BCUT2D eigenvalue weighted by Crippen LogP contribution is 2.34. The van der Waals surface area contributed by atoms with Crippen LogP contribution in [0.2, 0.25) is 0 Å².